The molecule has 0 bridgehead atoms. The molecule has 2 rings (SSSR count). The number of carbonyl (C=O) groups is 2. The van der Waals surface area contributed by atoms with Gasteiger partial charge in [0.1, 0.15) is 6.42 Å². The third kappa shape index (κ3) is 2.12. The first-order chi connectivity index (χ1) is 7.70. The molecule has 0 spiro atoms. The average Bonchev–Trinajstić information content (AvgIpc) is 2.72. The minimum Gasteiger partial charge on any atom is -0.469 e. The van der Waals surface area contributed by atoms with Crippen molar-refractivity contribution in [1.82, 2.24) is 0 Å². The smallest absolute Gasteiger partial charge is 0.313 e. The highest BCUT2D eigenvalue weighted by atomic mass is 32.1. The van der Waals surface area contributed by atoms with Crippen LogP contribution in [-0.4, -0.2) is 18.9 Å². The molecule has 16 heavy (non-hydrogen) atoms. The van der Waals surface area contributed by atoms with E-state index in [4.69, 9.17) is 0 Å². The lowest BCUT2D eigenvalue weighted by Gasteiger charge is -1.95. The molecule has 0 aliphatic heterocycles. The van der Waals surface area contributed by atoms with E-state index in [1.165, 1.54) is 18.4 Å². The van der Waals surface area contributed by atoms with E-state index in [-0.39, 0.29) is 12.2 Å². The Morgan fingerprint density at radius 2 is 2.06 bits per heavy atom. The number of hydrogen-bond acceptors (Lipinski definition) is 4. The Bertz CT molecular complexity index is 509. The lowest BCUT2D eigenvalue weighted by Crippen LogP contribution is -2.07. The number of carbonyl (C=O) groups excluding carboxylic acids is 2. The number of fused-ring (bicyclic) bond motifs is 1. The van der Waals surface area contributed by atoms with Crippen LogP contribution in [0, 0.1) is 0 Å². The molecular weight excluding hydrogens is 224 g/mol. The van der Waals surface area contributed by atoms with Gasteiger partial charge in [0.2, 0.25) is 0 Å². The van der Waals surface area contributed by atoms with Crippen LogP contribution in [0.2, 0.25) is 0 Å². The molecule has 0 N–H and O–H groups in total. The van der Waals surface area contributed by atoms with Crippen LogP contribution in [0.15, 0.2) is 30.3 Å². The van der Waals surface area contributed by atoms with E-state index in [1.807, 2.05) is 30.3 Å². The van der Waals surface area contributed by atoms with Crippen molar-refractivity contribution in [1.29, 1.82) is 0 Å². The molecular formula is C12H10O3S. The van der Waals surface area contributed by atoms with Gasteiger partial charge in [0, 0.05) is 4.70 Å². The van der Waals surface area contributed by atoms with Crippen molar-refractivity contribution in [2.75, 3.05) is 7.11 Å². The summed E-state index contributed by atoms with van der Waals surface area (Å²) in [5.74, 6) is -0.685. The van der Waals surface area contributed by atoms with Crippen LogP contribution in [0.1, 0.15) is 16.1 Å². The molecule has 3 nitrogen and oxygen atoms in total. The van der Waals surface area contributed by atoms with Crippen molar-refractivity contribution in [2.45, 2.75) is 6.42 Å². The van der Waals surface area contributed by atoms with Crippen LogP contribution in [0.5, 0.6) is 0 Å². The van der Waals surface area contributed by atoms with Gasteiger partial charge in [0.25, 0.3) is 0 Å². The van der Waals surface area contributed by atoms with E-state index in [0.717, 1.165) is 10.1 Å². The van der Waals surface area contributed by atoms with Crippen LogP contribution in [0.4, 0.5) is 0 Å². The molecule has 0 unspecified atom stereocenters. The summed E-state index contributed by atoms with van der Waals surface area (Å²) in [5, 5.41) is 1.03. The largest absolute Gasteiger partial charge is 0.469 e. The predicted octanol–water partition coefficient (Wildman–Crippen LogP) is 2.65. The minimum atomic E-state index is -0.498. The summed E-state index contributed by atoms with van der Waals surface area (Å²) in [7, 11) is 1.28. The third-order valence-electron chi connectivity index (χ3n) is 2.23. The highest BCUT2D eigenvalue weighted by molar-refractivity contribution is 7.20. The van der Waals surface area contributed by atoms with Crippen molar-refractivity contribution in [2.24, 2.45) is 0 Å². The van der Waals surface area contributed by atoms with Gasteiger partial charge in [0.05, 0.1) is 12.0 Å². The van der Waals surface area contributed by atoms with Crippen molar-refractivity contribution < 1.29 is 14.3 Å². The lowest BCUT2D eigenvalue weighted by atomic mass is 10.2. The molecule has 4 heteroatoms. The van der Waals surface area contributed by atoms with Crippen molar-refractivity contribution >= 4 is 33.2 Å². The van der Waals surface area contributed by atoms with Crippen LogP contribution in [0.3, 0.4) is 0 Å². The summed E-state index contributed by atoms with van der Waals surface area (Å²) in [5.41, 5.74) is 0. The Labute approximate surface area is 96.6 Å². The molecule has 1 aromatic carbocycles. The second kappa shape index (κ2) is 4.45. The van der Waals surface area contributed by atoms with Gasteiger partial charge in [-0.3, -0.25) is 9.59 Å². The zero-order chi connectivity index (χ0) is 11.5. The molecule has 82 valence electrons. The number of Topliss-reactive ketones (excluding diaryl/α,β-unsaturated/α-hetero) is 1. The van der Waals surface area contributed by atoms with Gasteiger partial charge >= 0.3 is 5.97 Å². The van der Waals surface area contributed by atoms with Crippen LogP contribution < -0.4 is 0 Å². The summed E-state index contributed by atoms with van der Waals surface area (Å²) >= 11 is 1.40. The Kier molecular flexibility index (Phi) is 3.01. The molecule has 0 aliphatic carbocycles. The van der Waals surface area contributed by atoms with Gasteiger partial charge < -0.3 is 4.74 Å². The molecule has 0 amide bonds. The van der Waals surface area contributed by atoms with Gasteiger partial charge in [-0.1, -0.05) is 18.2 Å². The molecule has 0 fully saturated rings. The first kappa shape index (κ1) is 10.8. The summed E-state index contributed by atoms with van der Waals surface area (Å²) in [4.78, 5) is 23.3. The predicted molar refractivity (Wildman–Crippen MR) is 62.8 cm³/mol. The Morgan fingerprint density at radius 1 is 1.31 bits per heavy atom. The van der Waals surface area contributed by atoms with E-state index in [9.17, 15) is 9.59 Å². The fourth-order valence-electron chi connectivity index (χ4n) is 1.41. The Hall–Kier alpha value is -1.68. The van der Waals surface area contributed by atoms with Crippen molar-refractivity contribution in [3.8, 4) is 0 Å². The van der Waals surface area contributed by atoms with E-state index >= 15 is 0 Å². The van der Waals surface area contributed by atoms with Crippen LogP contribution >= 0.6 is 11.3 Å². The SMILES string of the molecule is COC(=O)CC(=O)c1cc2ccccc2s1. The first-order valence-corrected chi connectivity index (χ1v) is 5.61. The highest BCUT2D eigenvalue weighted by Crippen LogP contribution is 2.26. The highest BCUT2D eigenvalue weighted by Gasteiger charge is 2.14. The second-order valence-corrected chi connectivity index (χ2v) is 4.41. The summed E-state index contributed by atoms with van der Waals surface area (Å²) in [6.07, 6.45) is -0.191. The van der Waals surface area contributed by atoms with E-state index < -0.39 is 5.97 Å². The zero-order valence-electron chi connectivity index (χ0n) is 8.73. The van der Waals surface area contributed by atoms with Crippen molar-refractivity contribution in [3.05, 3.63) is 35.2 Å². The van der Waals surface area contributed by atoms with E-state index in [1.54, 1.807) is 0 Å². The molecule has 2 aromatic rings. The second-order valence-electron chi connectivity index (χ2n) is 3.32. The Morgan fingerprint density at radius 3 is 2.75 bits per heavy atom. The molecule has 0 aliphatic rings. The molecule has 0 saturated heterocycles. The maximum absolute atomic E-state index is 11.7. The molecule has 0 saturated carbocycles. The van der Waals surface area contributed by atoms with E-state index in [0.29, 0.717) is 4.88 Å². The van der Waals surface area contributed by atoms with E-state index in [2.05, 4.69) is 4.74 Å². The fraction of sp³-hybridized carbons (Fsp3) is 0.167. The average molecular weight is 234 g/mol. The van der Waals surface area contributed by atoms with Gasteiger partial charge in [-0.05, 0) is 17.5 Å². The maximum atomic E-state index is 11.7. The number of ether oxygens (including phenoxy) is 1. The van der Waals surface area contributed by atoms with Crippen LogP contribution in [0.25, 0.3) is 10.1 Å². The monoisotopic (exact) mass is 234 g/mol. The number of rotatable bonds is 3. The maximum Gasteiger partial charge on any atom is 0.313 e. The number of ketones is 1. The minimum absolute atomic E-state index is 0.187. The number of methoxy groups -OCH3 is 1. The van der Waals surface area contributed by atoms with Crippen LogP contribution in [-0.2, 0) is 9.53 Å². The first-order valence-electron chi connectivity index (χ1n) is 4.79. The standard InChI is InChI=1S/C12H10O3S/c1-15-12(14)7-9(13)11-6-8-4-2-3-5-10(8)16-11/h2-6H,7H2,1H3. The topological polar surface area (TPSA) is 43.4 Å². The normalized spacial score (nSPS) is 10.3. The summed E-state index contributed by atoms with van der Waals surface area (Å²) in [6, 6.07) is 9.55. The third-order valence-corrected chi connectivity index (χ3v) is 3.39. The van der Waals surface area contributed by atoms with Gasteiger partial charge in [-0.15, -0.1) is 11.3 Å². The van der Waals surface area contributed by atoms with Gasteiger partial charge in [-0.25, -0.2) is 0 Å². The Balaban J connectivity index is 2.26. The number of benzene rings is 1. The number of hydrogen-bond donors (Lipinski definition) is 0. The lowest BCUT2D eigenvalue weighted by molar-refractivity contribution is -0.139. The zero-order valence-corrected chi connectivity index (χ0v) is 9.54. The number of thiophene rings is 1. The quantitative estimate of drug-likeness (QED) is 0.466. The fourth-order valence-corrected chi connectivity index (χ4v) is 2.41. The van der Waals surface area contributed by atoms with Gasteiger partial charge in [0.15, 0.2) is 5.78 Å². The van der Waals surface area contributed by atoms with Gasteiger partial charge in [-0.2, -0.15) is 0 Å². The summed E-state index contributed by atoms with van der Waals surface area (Å²) in [6.45, 7) is 0. The molecule has 0 atom stereocenters. The summed E-state index contributed by atoms with van der Waals surface area (Å²) < 4.78 is 5.51. The van der Waals surface area contributed by atoms with Crippen molar-refractivity contribution in [3.63, 3.8) is 0 Å². The molecule has 1 aromatic heterocycles. The number of esters is 1. The molecule has 0 radical (unpaired) electrons. The molecule has 1 heterocycles.